The fraction of sp³-hybridized carbons (Fsp3) is 0.533. The summed E-state index contributed by atoms with van der Waals surface area (Å²) in [6, 6.07) is 5.59. The van der Waals surface area contributed by atoms with Crippen LogP contribution in [-0.4, -0.2) is 18.2 Å². The van der Waals surface area contributed by atoms with Crippen molar-refractivity contribution in [3.05, 3.63) is 29.3 Å². The second-order valence-corrected chi connectivity index (χ2v) is 4.77. The van der Waals surface area contributed by atoms with Gasteiger partial charge in [-0.3, -0.25) is 0 Å². The number of hydrogen-bond donors (Lipinski definition) is 0. The Morgan fingerprint density at radius 1 is 1.17 bits per heavy atom. The van der Waals surface area contributed by atoms with Gasteiger partial charge in [0, 0.05) is 0 Å². The van der Waals surface area contributed by atoms with Crippen LogP contribution in [0.4, 0.5) is 0 Å². The van der Waals surface area contributed by atoms with Crippen molar-refractivity contribution in [1.29, 1.82) is 0 Å². The Balaban J connectivity index is 3.12. The van der Waals surface area contributed by atoms with Gasteiger partial charge >= 0.3 is 5.97 Å². The molecule has 100 valence electrons. The highest BCUT2D eigenvalue weighted by Crippen LogP contribution is 2.26. The molecule has 0 aliphatic carbocycles. The van der Waals surface area contributed by atoms with E-state index in [1.807, 2.05) is 46.8 Å². The molecule has 3 nitrogen and oxygen atoms in total. The quantitative estimate of drug-likeness (QED) is 0.749. The minimum absolute atomic E-state index is 0.0308. The summed E-state index contributed by atoms with van der Waals surface area (Å²) < 4.78 is 11.0. The molecule has 0 heterocycles. The summed E-state index contributed by atoms with van der Waals surface area (Å²) in [7, 11) is 0. The topological polar surface area (TPSA) is 35.5 Å². The Morgan fingerprint density at radius 2 is 1.83 bits per heavy atom. The lowest BCUT2D eigenvalue weighted by Gasteiger charge is -2.17. The lowest BCUT2D eigenvalue weighted by molar-refractivity contribution is 0.0372. The number of ether oxygens (including phenoxy) is 2. The number of hydrogen-bond acceptors (Lipinski definition) is 3. The van der Waals surface area contributed by atoms with Crippen LogP contribution >= 0.6 is 0 Å². The van der Waals surface area contributed by atoms with Gasteiger partial charge in [0.1, 0.15) is 11.3 Å². The molecule has 3 heteroatoms. The largest absolute Gasteiger partial charge is 0.490 e. The molecule has 0 spiro atoms. The first-order valence-corrected chi connectivity index (χ1v) is 6.45. The van der Waals surface area contributed by atoms with E-state index in [0.29, 0.717) is 11.3 Å². The molecule has 0 aromatic heterocycles. The van der Waals surface area contributed by atoms with E-state index >= 15 is 0 Å². The van der Waals surface area contributed by atoms with Crippen LogP contribution in [0.15, 0.2) is 18.2 Å². The number of benzene rings is 1. The molecule has 0 unspecified atom stereocenters. The molecule has 1 aromatic carbocycles. The molecule has 0 bridgehead atoms. The van der Waals surface area contributed by atoms with E-state index in [-0.39, 0.29) is 18.2 Å². The molecular weight excluding hydrogens is 228 g/mol. The summed E-state index contributed by atoms with van der Waals surface area (Å²) in [5.74, 6) is 0.330. The van der Waals surface area contributed by atoms with Crippen LogP contribution < -0.4 is 4.74 Å². The summed E-state index contributed by atoms with van der Waals surface area (Å²) in [4.78, 5) is 12.0. The third-order valence-corrected chi connectivity index (χ3v) is 2.39. The highest BCUT2D eigenvalue weighted by atomic mass is 16.5. The number of aryl methyl sites for hydroxylation is 1. The predicted molar refractivity (Wildman–Crippen MR) is 72.1 cm³/mol. The first kappa shape index (κ1) is 14.6. The summed E-state index contributed by atoms with van der Waals surface area (Å²) in [5.41, 5.74) is 1.54. The van der Waals surface area contributed by atoms with Gasteiger partial charge in [0.2, 0.25) is 0 Å². The Hall–Kier alpha value is -1.51. The minimum Gasteiger partial charge on any atom is -0.490 e. The molecular formula is C15H22O3. The second kappa shape index (κ2) is 6.43. The molecule has 0 N–H and O–H groups in total. The van der Waals surface area contributed by atoms with E-state index in [2.05, 4.69) is 0 Å². The van der Waals surface area contributed by atoms with E-state index in [0.717, 1.165) is 12.0 Å². The van der Waals surface area contributed by atoms with Crippen molar-refractivity contribution in [2.75, 3.05) is 0 Å². The third-order valence-electron chi connectivity index (χ3n) is 2.39. The van der Waals surface area contributed by atoms with E-state index in [9.17, 15) is 4.79 Å². The minimum atomic E-state index is -0.323. The van der Waals surface area contributed by atoms with Gasteiger partial charge in [0.25, 0.3) is 0 Å². The number of carbonyl (C=O) groups excluding carboxylic acids is 1. The average molecular weight is 250 g/mol. The van der Waals surface area contributed by atoms with Gasteiger partial charge in [0.05, 0.1) is 12.2 Å². The molecule has 0 saturated heterocycles. The normalized spacial score (nSPS) is 10.8. The average Bonchev–Trinajstić information content (AvgIpc) is 2.27. The highest BCUT2D eigenvalue weighted by molar-refractivity contribution is 5.93. The molecule has 0 radical (unpaired) electrons. The monoisotopic (exact) mass is 250 g/mol. The van der Waals surface area contributed by atoms with Crippen LogP contribution in [0.3, 0.4) is 0 Å². The fourth-order valence-corrected chi connectivity index (χ4v) is 1.68. The summed E-state index contributed by atoms with van der Waals surface area (Å²) >= 11 is 0. The maximum atomic E-state index is 12.0. The first-order chi connectivity index (χ1) is 8.45. The number of para-hydroxylation sites is 1. The van der Waals surface area contributed by atoms with Crippen LogP contribution in [0.2, 0.25) is 0 Å². The Bertz CT molecular complexity index is 408. The molecule has 18 heavy (non-hydrogen) atoms. The van der Waals surface area contributed by atoms with Gasteiger partial charge in [-0.25, -0.2) is 4.79 Å². The fourth-order valence-electron chi connectivity index (χ4n) is 1.68. The van der Waals surface area contributed by atoms with Gasteiger partial charge in [-0.1, -0.05) is 19.1 Å². The highest BCUT2D eigenvalue weighted by Gasteiger charge is 2.18. The van der Waals surface area contributed by atoms with E-state index in [4.69, 9.17) is 9.47 Å². The maximum Gasteiger partial charge on any atom is 0.342 e. The van der Waals surface area contributed by atoms with E-state index in [1.165, 1.54) is 0 Å². The number of rotatable bonds is 5. The van der Waals surface area contributed by atoms with E-state index in [1.54, 1.807) is 6.07 Å². The Labute approximate surface area is 109 Å². The molecule has 0 amide bonds. The number of esters is 1. The third kappa shape index (κ3) is 3.76. The molecule has 0 saturated carbocycles. The van der Waals surface area contributed by atoms with Gasteiger partial charge < -0.3 is 9.47 Å². The molecule has 0 fully saturated rings. The van der Waals surface area contributed by atoms with Crippen molar-refractivity contribution in [3.63, 3.8) is 0 Å². The lowest BCUT2D eigenvalue weighted by Crippen LogP contribution is -2.16. The standard InChI is InChI=1S/C15H22O3/c1-6-12-8-7-9-13(14(12)17-10(2)3)15(16)18-11(4)5/h7-11H,6H2,1-5H3. The van der Waals surface area contributed by atoms with Crippen molar-refractivity contribution in [2.45, 2.75) is 53.2 Å². The summed E-state index contributed by atoms with van der Waals surface area (Å²) in [6.07, 6.45) is 0.725. The van der Waals surface area contributed by atoms with Crippen molar-refractivity contribution < 1.29 is 14.3 Å². The zero-order valence-electron chi connectivity index (χ0n) is 11.8. The molecule has 1 rings (SSSR count). The maximum absolute atomic E-state index is 12.0. The van der Waals surface area contributed by atoms with Crippen molar-refractivity contribution in [2.24, 2.45) is 0 Å². The molecule has 0 aliphatic heterocycles. The first-order valence-electron chi connectivity index (χ1n) is 6.45. The van der Waals surface area contributed by atoms with Crippen LogP contribution in [-0.2, 0) is 11.2 Å². The van der Waals surface area contributed by atoms with Gasteiger partial charge in [-0.15, -0.1) is 0 Å². The SMILES string of the molecule is CCc1cccc(C(=O)OC(C)C)c1OC(C)C. The zero-order valence-corrected chi connectivity index (χ0v) is 11.8. The van der Waals surface area contributed by atoms with Gasteiger partial charge in [-0.2, -0.15) is 0 Å². The summed E-state index contributed by atoms with van der Waals surface area (Å²) in [5, 5.41) is 0. The van der Waals surface area contributed by atoms with Crippen LogP contribution in [0, 0.1) is 0 Å². The van der Waals surface area contributed by atoms with Crippen molar-refractivity contribution >= 4 is 5.97 Å². The van der Waals surface area contributed by atoms with Crippen LogP contribution in [0.1, 0.15) is 50.5 Å². The second-order valence-electron chi connectivity index (χ2n) is 4.77. The lowest BCUT2D eigenvalue weighted by atomic mass is 10.1. The Morgan fingerprint density at radius 3 is 2.33 bits per heavy atom. The van der Waals surface area contributed by atoms with Crippen LogP contribution in [0.5, 0.6) is 5.75 Å². The Kier molecular flexibility index (Phi) is 5.20. The van der Waals surface area contributed by atoms with E-state index < -0.39 is 0 Å². The number of carbonyl (C=O) groups is 1. The zero-order chi connectivity index (χ0) is 13.7. The van der Waals surface area contributed by atoms with Gasteiger partial charge in [-0.05, 0) is 45.7 Å². The van der Waals surface area contributed by atoms with Gasteiger partial charge in [0.15, 0.2) is 0 Å². The smallest absolute Gasteiger partial charge is 0.342 e. The molecule has 0 aliphatic rings. The van der Waals surface area contributed by atoms with Crippen molar-refractivity contribution in [1.82, 2.24) is 0 Å². The van der Waals surface area contributed by atoms with Crippen molar-refractivity contribution in [3.8, 4) is 5.75 Å². The predicted octanol–water partition coefficient (Wildman–Crippen LogP) is 3.60. The molecule has 0 atom stereocenters. The summed E-state index contributed by atoms with van der Waals surface area (Å²) in [6.45, 7) is 9.61. The van der Waals surface area contributed by atoms with Crippen LogP contribution in [0.25, 0.3) is 0 Å². The molecule has 1 aromatic rings.